The summed E-state index contributed by atoms with van der Waals surface area (Å²) in [7, 11) is 0. The molecule has 0 saturated heterocycles. The second-order valence-corrected chi connectivity index (χ2v) is 4.80. The van der Waals surface area contributed by atoms with E-state index in [1.54, 1.807) is 6.20 Å². The Labute approximate surface area is 126 Å². The first-order valence-electron chi connectivity index (χ1n) is 6.88. The van der Waals surface area contributed by atoms with Gasteiger partial charge in [-0.25, -0.2) is 0 Å². The molecule has 0 unspecified atom stereocenters. The fourth-order valence-electron chi connectivity index (χ4n) is 2.23. The standard InChI is InChI=1S/2C9H7NO/c11-9-8-4-2-1-3-7(8)5-6-10-9;11-9-6-5-7-3-1-2-4-8(7)10-9/h2*1-6H,(H,10,11). The zero-order valence-electron chi connectivity index (χ0n) is 11.7. The highest BCUT2D eigenvalue weighted by molar-refractivity contribution is 5.80. The summed E-state index contributed by atoms with van der Waals surface area (Å²) in [5.74, 6) is 0. The van der Waals surface area contributed by atoms with Gasteiger partial charge in [-0.3, -0.25) is 9.59 Å². The minimum Gasteiger partial charge on any atom is -0.329 e. The van der Waals surface area contributed by atoms with Gasteiger partial charge in [0.25, 0.3) is 5.56 Å². The molecule has 0 aliphatic carbocycles. The second-order valence-electron chi connectivity index (χ2n) is 4.80. The van der Waals surface area contributed by atoms with Crippen molar-refractivity contribution < 1.29 is 0 Å². The summed E-state index contributed by atoms with van der Waals surface area (Å²) in [6.45, 7) is 0. The average Bonchev–Trinajstić information content (AvgIpc) is 2.56. The van der Waals surface area contributed by atoms with Crippen LogP contribution in [0, 0.1) is 0 Å². The molecule has 4 heteroatoms. The van der Waals surface area contributed by atoms with Gasteiger partial charge < -0.3 is 9.97 Å². The zero-order valence-corrected chi connectivity index (χ0v) is 11.7. The van der Waals surface area contributed by atoms with Gasteiger partial charge in [0.05, 0.1) is 0 Å². The van der Waals surface area contributed by atoms with Crippen molar-refractivity contribution in [3.63, 3.8) is 0 Å². The minimum absolute atomic E-state index is 0.0249. The number of para-hydroxylation sites is 1. The quantitative estimate of drug-likeness (QED) is 0.522. The minimum atomic E-state index is -0.0521. The van der Waals surface area contributed by atoms with E-state index >= 15 is 0 Å². The van der Waals surface area contributed by atoms with E-state index < -0.39 is 0 Å². The van der Waals surface area contributed by atoms with Gasteiger partial charge in [0.15, 0.2) is 0 Å². The Bertz CT molecular complexity index is 1020. The van der Waals surface area contributed by atoms with E-state index in [-0.39, 0.29) is 11.1 Å². The first-order chi connectivity index (χ1) is 10.7. The second kappa shape index (κ2) is 6.10. The van der Waals surface area contributed by atoms with Crippen LogP contribution in [0.1, 0.15) is 0 Å². The number of aromatic amines is 2. The summed E-state index contributed by atoms with van der Waals surface area (Å²) in [5.41, 5.74) is 0.812. The predicted octanol–water partition coefficient (Wildman–Crippen LogP) is 3.06. The molecule has 0 bridgehead atoms. The number of hydrogen-bond donors (Lipinski definition) is 2. The molecule has 2 aromatic heterocycles. The molecule has 4 rings (SSSR count). The van der Waals surface area contributed by atoms with E-state index in [1.165, 1.54) is 6.07 Å². The van der Waals surface area contributed by atoms with Crippen molar-refractivity contribution in [1.29, 1.82) is 0 Å². The lowest BCUT2D eigenvalue weighted by Gasteiger charge is -1.93. The molecule has 0 fully saturated rings. The average molecular weight is 290 g/mol. The number of H-pyrrole nitrogens is 2. The Hall–Kier alpha value is -3.14. The molecule has 22 heavy (non-hydrogen) atoms. The first-order valence-corrected chi connectivity index (χ1v) is 6.88. The summed E-state index contributed by atoms with van der Waals surface area (Å²) < 4.78 is 0. The number of benzene rings is 2. The summed E-state index contributed by atoms with van der Waals surface area (Å²) in [6, 6.07) is 20.4. The van der Waals surface area contributed by atoms with Crippen LogP contribution in [-0.4, -0.2) is 9.97 Å². The van der Waals surface area contributed by atoms with Gasteiger partial charge in [-0.15, -0.1) is 0 Å². The molecule has 0 aliphatic heterocycles. The lowest BCUT2D eigenvalue weighted by Crippen LogP contribution is -2.03. The van der Waals surface area contributed by atoms with Gasteiger partial charge >= 0.3 is 0 Å². The van der Waals surface area contributed by atoms with Gasteiger partial charge in [-0.2, -0.15) is 0 Å². The van der Waals surface area contributed by atoms with Crippen LogP contribution in [0.25, 0.3) is 21.7 Å². The van der Waals surface area contributed by atoms with Crippen LogP contribution in [0.3, 0.4) is 0 Å². The zero-order chi connectivity index (χ0) is 15.4. The highest BCUT2D eigenvalue weighted by Crippen LogP contribution is 2.06. The van der Waals surface area contributed by atoms with Crippen LogP contribution in [0.2, 0.25) is 0 Å². The van der Waals surface area contributed by atoms with Crippen LogP contribution in [0.15, 0.2) is 82.5 Å². The fourth-order valence-corrected chi connectivity index (χ4v) is 2.23. The van der Waals surface area contributed by atoms with Gasteiger partial charge in [0, 0.05) is 23.2 Å². The molecule has 0 amide bonds. The maximum atomic E-state index is 11.1. The van der Waals surface area contributed by atoms with E-state index in [1.807, 2.05) is 60.7 Å². The van der Waals surface area contributed by atoms with Crippen LogP contribution in [0.5, 0.6) is 0 Å². The number of hydrogen-bond acceptors (Lipinski definition) is 2. The summed E-state index contributed by atoms with van der Waals surface area (Å²) >= 11 is 0. The molecule has 2 heterocycles. The number of nitrogens with one attached hydrogen (secondary N) is 2. The van der Waals surface area contributed by atoms with Crippen LogP contribution < -0.4 is 11.1 Å². The molecule has 2 N–H and O–H groups in total. The van der Waals surface area contributed by atoms with Crippen molar-refractivity contribution in [2.75, 3.05) is 0 Å². The molecule has 2 aromatic carbocycles. The summed E-state index contributed by atoms with van der Waals surface area (Å²) in [5, 5.41) is 2.79. The van der Waals surface area contributed by atoms with Crippen molar-refractivity contribution in [2.24, 2.45) is 0 Å². The molecule has 0 radical (unpaired) electrons. The van der Waals surface area contributed by atoms with Gasteiger partial charge in [0.2, 0.25) is 5.56 Å². The molecule has 108 valence electrons. The van der Waals surface area contributed by atoms with E-state index in [4.69, 9.17) is 0 Å². The summed E-state index contributed by atoms with van der Waals surface area (Å²) in [4.78, 5) is 27.3. The maximum absolute atomic E-state index is 11.1. The molecule has 4 aromatic rings. The van der Waals surface area contributed by atoms with Crippen molar-refractivity contribution in [2.45, 2.75) is 0 Å². The van der Waals surface area contributed by atoms with Crippen LogP contribution in [-0.2, 0) is 0 Å². The maximum Gasteiger partial charge on any atom is 0.255 e. The smallest absolute Gasteiger partial charge is 0.255 e. The molecular weight excluding hydrogens is 276 g/mol. The molecular formula is C18H14N2O2. The topological polar surface area (TPSA) is 65.7 Å². The third kappa shape index (κ3) is 2.96. The third-order valence-corrected chi connectivity index (χ3v) is 3.32. The van der Waals surface area contributed by atoms with E-state index in [0.717, 1.165) is 21.7 Å². The number of rotatable bonds is 0. The van der Waals surface area contributed by atoms with Crippen molar-refractivity contribution in [3.8, 4) is 0 Å². The lowest BCUT2D eigenvalue weighted by atomic mass is 10.2. The monoisotopic (exact) mass is 290 g/mol. The SMILES string of the molecule is O=c1[nH]ccc2ccccc12.O=c1ccc2ccccc2[nH]1. The fraction of sp³-hybridized carbons (Fsp3) is 0. The Morgan fingerprint density at radius 3 is 2.23 bits per heavy atom. The van der Waals surface area contributed by atoms with Crippen LogP contribution >= 0.6 is 0 Å². The van der Waals surface area contributed by atoms with Gasteiger partial charge in [-0.1, -0.05) is 36.4 Å². The molecule has 0 atom stereocenters. The van der Waals surface area contributed by atoms with Gasteiger partial charge in [0.1, 0.15) is 0 Å². The van der Waals surface area contributed by atoms with E-state index in [0.29, 0.717) is 0 Å². The Morgan fingerprint density at radius 1 is 0.682 bits per heavy atom. The third-order valence-electron chi connectivity index (χ3n) is 3.32. The molecule has 0 spiro atoms. The largest absolute Gasteiger partial charge is 0.329 e. The highest BCUT2D eigenvalue weighted by Gasteiger charge is 1.92. The Balaban J connectivity index is 0.000000131. The molecule has 0 aliphatic rings. The van der Waals surface area contributed by atoms with E-state index in [2.05, 4.69) is 9.97 Å². The van der Waals surface area contributed by atoms with Crippen molar-refractivity contribution >= 4 is 21.7 Å². The van der Waals surface area contributed by atoms with Crippen molar-refractivity contribution in [3.05, 3.63) is 93.6 Å². The molecule has 0 saturated carbocycles. The van der Waals surface area contributed by atoms with E-state index in [9.17, 15) is 9.59 Å². The molecule has 4 nitrogen and oxygen atoms in total. The Kier molecular flexibility index (Phi) is 3.83. The predicted molar refractivity (Wildman–Crippen MR) is 89.1 cm³/mol. The number of aromatic nitrogens is 2. The number of pyridine rings is 2. The Morgan fingerprint density at radius 2 is 1.41 bits per heavy atom. The highest BCUT2D eigenvalue weighted by atomic mass is 16.1. The normalized spacial score (nSPS) is 10.2. The first kappa shape index (κ1) is 13.8. The number of fused-ring (bicyclic) bond motifs is 2. The van der Waals surface area contributed by atoms with Crippen LogP contribution in [0.4, 0.5) is 0 Å². The summed E-state index contributed by atoms with van der Waals surface area (Å²) in [6.07, 6.45) is 1.66. The van der Waals surface area contributed by atoms with Crippen molar-refractivity contribution in [1.82, 2.24) is 9.97 Å². The lowest BCUT2D eigenvalue weighted by molar-refractivity contribution is 1.28. The van der Waals surface area contributed by atoms with Gasteiger partial charge in [-0.05, 0) is 35.0 Å².